The van der Waals surface area contributed by atoms with Crippen molar-refractivity contribution < 1.29 is 0 Å². The molecule has 1 heterocycles. The Labute approximate surface area is 157 Å². The van der Waals surface area contributed by atoms with Crippen LogP contribution in [0.4, 0.5) is 0 Å². The normalized spacial score (nSPS) is 10.9. The van der Waals surface area contributed by atoms with Crippen molar-refractivity contribution in [1.82, 2.24) is 9.97 Å². The van der Waals surface area contributed by atoms with Gasteiger partial charge >= 0.3 is 0 Å². The first kappa shape index (κ1) is 18.3. The molecule has 0 radical (unpaired) electrons. The molecule has 2 heteroatoms. The Morgan fingerprint density at radius 3 is 2.19 bits per heavy atom. The first-order chi connectivity index (χ1) is 12.6. The van der Waals surface area contributed by atoms with E-state index in [2.05, 4.69) is 70.2 Å². The Kier molecular flexibility index (Phi) is 5.82. The fourth-order valence-electron chi connectivity index (χ4n) is 3.10. The van der Waals surface area contributed by atoms with Crippen molar-refractivity contribution in [3.8, 4) is 22.5 Å². The van der Waals surface area contributed by atoms with Gasteiger partial charge in [0.25, 0.3) is 0 Å². The minimum Gasteiger partial charge on any atom is -0.252 e. The molecule has 0 unspecified atom stereocenters. The van der Waals surface area contributed by atoms with Crippen LogP contribution in [-0.4, -0.2) is 9.97 Å². The standard InChI is InChI=1S/C24H28N2/c1-5-7-8-22-16-25-23(20-13-10-19(6-2)11-14-20)24(26-22)21-12-9-17(3)18(4)15-21/h9-16H,5-8H2,1-4H3. The van der Waals surface area contributed by atoms with Crippen LogP contribution in [0.1, 0.15) is 49.1 Å². The molecule has 0 atom stereocenters. The smallest absolute Gasteiger partial charge is 0.0968 e. The molecule has 0 aliphatic carbocycles. The second-order valence-electron chi connectivity index (χ2n) is 7.01. The molecule has 0 saturated heterocycles. The lowest BCUT2D eigenvalue weighted by Crippen LogP contribution is -1.99. The Bertz CT molecular complexity index is 879. The SMILES string of the molecule is CCCCc1cnc(-c2ccc(CC)cc2)c(-c2ccc(C)c(C)c2)n1. The highest BCUT2D eigenvalue weighted by Crippen LogP contribution is 2.30. The molecule has 2 nitrogen and oxygen atoms in total. The van der Waals surface area contributed by atoms with Gasteiger partial charge in [-0.15, -0.1) is 0 Å². The zero-order chi connectivity index (χ0) is 18.5. The molecule has 2 aromatic carbocycles. The largest absolute Gasteiger partial charge is 0.252 e. The van der Waals surface area contributed by atoms with Crippen LogP contribution in [0.3, 0.4) is 0 Å². The van der Waals surface area contributed by atoms with Crippen LogP contribution in [0.25, 0.3) is 22.5 Å². The molecule has 0 bridgehead atoms. The molecule has 0 spiro atoms. The van der Waals surface area contributed by atoms with Crippen LogP contribution in [0.15, 0.2) is 48.7 Å². The van der Waals surface area contributed by atoms with Crippen molar-refractivity contribution in [2.45, 2.75) is 53.4 Å². The summed E-state index contributed by atoms with van der Waals surface area (Å²) in [6, 6.07) is 15.3. The molecule has 3 rings (SSSR count). The van der Waals surface area contributed by atoms with Gasteiger partial charge in [0.05, 0.1) is 17.1 Å². The van der Waals surface area contributed by atoms with Crippen molar-refractivity contribution in [1.29, 1.82) is 0 Å². The maximum absolute atomic E-state index is 5.01. The third-order valence-electron chi connectivity index (χ3n) is 5.02. The van der Waals surface area contributed by atoms with Crippen LogP contribution in [0.5, 0.6) is 0 Å². The molecule has 0 saturated carbocycles. The van der Waals surface area contributed by atoms with E-state index in [0.717, 1.165) is 47.5 Å². The van der Waals surface area contributed by atoms with Gasteiger partial charge in [0.1, 0.15) is 0 Å². The number of nitrogens with zero attached hydrogens (tertiary/aromatic N) is 2. The van der Waals surface area contributed by atoms with Gasteiger partial charge in [-0.1, -0.05) is 56.7 Å². The number of hydrogen-bond donors (Lipinski definition) is 0. The molecule has 26 heavy (non-hydrogen) atoms. The van der Waals surface area contributed by atoms with E-state index in [1.165, 1.54) is 23.1 Å². The Hall–Kier alpha value is -2.48. The zero-order valence-corrected chi connectivity index (χ0v) is 16.3. The van der Waals surface area contributed by atoms with E-state index in [1.54, 1.807) is 0 Å². The minimum atomic E-state index is 0.969. The van der Waals surface area contributed by atoms with E-state index in [-0.39, 0.29) is 0 Å². The Morgan fingerprint density at radius 1 is 0.808 bits per heavy atom. The summed E-state index contributed by atoms with van der Waals surface area (Å²) in [5.74, 6) is 0. The van der Waals surface area contributed by atoms with Crippen LogP contribution < -0.4 is 0 Å². The number of benzene rings is 2. The maximum Gasteiger partial charge on any atom is 0.0968 e. The molecule has 134 valence electrons. The van der Waals surface area contributed by atoms with E-state index < -0.39 is 0 Å². The van der Waals surface area contributed by atoms with E-state index in [4.69, 9.17) is 9.97 Å². The Morgan fingerprint density at radius 2 is 1.54 bits per heavy atom. The van der Waals surface area contributed by atoms with Gasteiger partial charge in [0, 0.05) is 17.3 Å². The van der Waals surface area contributed by atoms with E-state index in [0.29, 0.717) is 0 Å². The molecule has 1 aromatic heterocycles. The topological polar surface area (TPSA) is 25.8 Å². The highest BCUT2D eigenvalue weighted by Gasteiger charge is 2.13. The van der Waals surface area contributed by atoms with Crippen LogP contribution in [0.2, 0.25) is 0 Å². The summed E-state index contributed by atoms with van der Waals surface area (Å²) in [5.41, 5.74) is 9.25. The molecule has 0 aliphatic rings. The van der Waals surface area contributed by atoms with Crippen molar-refractivity contribution >= 4 is 0 Å². The average Bonchev–Trinajstić information content (AvgIpc) is 2.68. The first-order valence-corrected chi connectivity index (χ1v) is 9.65. The molecule has 0 amide bonds. The number of aryl methyl sites for hydroxylation is 4. The zero-order valence-electron chi connectivity index (χ0n) is 16.3. The van der Waals surface area contributed by atoms with Crippen molar-refractivity contribution in [2.24, 2.45) is 0 Å². The molecule has 3 aromatic rings. The van der Waals surface area contributed by atoms with E-state index in [9.17, 15) is 0 Å². The fourth-order valence-corrected chi connectivity index (χ4v) is 3.10. The van der Waals surface area contributed by atoms with Crippen LogP contribution >= 0.6 is 0 Å². The predicted octanol–water partition coefficient (Wildman–Crippen LogP) is 6.33. The third-order valence-corrected chi connectivity index (χ3v) is 5.02. The van der Waals surface area contributed by atoms with Gasteiger partial charge in [-0.25, -0.2) is 4.98 Å². The van der Waals surface area contributed by atoms with E-state index >= 15 is 0 Å². The molecule has 0 fully saturated rings. The summed E-state index contributed by atoms with van der Waals surface area (Å²) >= 11 is 0. The van der Waals surface area contributed by atoms with Crippen molar-refractivity contribution in [2.75, 3.05) is 0 Å². The maximum atomic E-state index is 5.01. The molecular weight excluding hydrogens is 316 g/mol. The Balaban J connectivity index is 2.11. The summed E-state index contributed by atoms with van der Waals surface area (Å²) < 4.78 is 0. The van der Waals surface area contributed by atoms with Gasteiger partial charge in [-0.05, 0) is 55.9 Å². The van der Waals surface area contributed by atoms with Crippen LogP contribution in [-0.2, 0) is 12.8 Å². The summed E-state index contributed by atoms with van der Waals surface area (Å²) in [7, 11) is 0. The second-order valence-corrected chi connectivity index (χ2v) is 7.01. The van der Waals surface area contributed by atoms with Gasteiger partial charge in [-0.3, -0.25) is 4.98 Å². The summed E-state index contributed by atoms with van der Waals surface area (Å²) in [4.78, 5) is 9.83. The lowest BCUT2D eigenvalue weighted by Gasteiger charge is -2.12. The number of rotatable bonds is 6. The number of aromatic nitrogens is 2. The van der Waals surface area contributed by atoms with Crippen LogP contribution in [0, 0.1) is 13.8 Å². The molecule has 0 aliphatic heterocycles. The van der Waals surface area contributed by atoms with Gasteiger partial charge in [0.2, 0.25) is 0 Å². The average molecular weight is 345 g/mol. The van der Waals surface area contributed by atoms with Crippen molar-refractivity contribution in [3.05, 3.63) is 71.0 Å². The second kappa shape index (κ2) is 8.27. The summed E-state index contributed by atoms with van der Waals surface area (Å²) in [6.45, 7) is 8.69. The number of hydrogen-bond acceptors (Lipinski definition) is 2. The van der Waals surface area contributed by atoms with Gasteiger partial charge in [0.15, 0.2) is 0 Å². The lowest BCUT2D eigenvalue weighted by molar-refractivity contribution is 0.773. The molecular formula is C24H28N2. The predicted molar refractivity (Wildman–Crippen MR) is 110 cm³/mol. The molecule has 0 N–H and O–H groups in total. The minimum absolute atomic E-state index is 0.969. The monoisotopic (exact) mass is 344 g/mol. The highest BCUT2D eigenvalue weighted by molar-refractivity contribution is 5.78. The number of unbranched alkanes of at least 4 members (excludes halogenated alkanes) is 1. The van der Waals surface area contributed by atoms with Crippen molar-refractivity contribution in [3.63, 3.8) is 0 Å². The van der Waals surface area contributed by atoms with E-state index in [1.807, 2.05) is 6.20 Å². The first-order valence-electron chi connectivity index (χ1n) is 9.65. The van der Waals surface area contributed by atoms with Gasteiger partial charge < -0.3 is 0 Å². The fraction of sp³-hybridized carbons (Fsp3) is 0.333. The quantitative estimate of drug-likeness (QED) is 0.522. The lowest BCUT2D eigenvalue weighted by atomic mass is 9.99. The van der Waals surface area contributed by atoms with Gasteiger partial charge in [-0.2, -0.15) is 0 Å². The summed E-state index contributed by atoms with van der Waals surface area (Å²) in [6.07, 6.45) is 6.29. The third kappa shape index (κ3) is 4.01. The summed E-state index contributed by atoms with van der Waals surface area (Å²) in [5, 5.41) is 0. The highest BCUT2D eigenvalue weighted by atomic mass is 14.8.